The Labute approximate surface area is 88.8 Å². The lowest BCUT2D eigenvalue weighted by Crippen LogP contribution is -1.96. The largest absolute Gasteiger partial charge is 0.326 e. The first-order valence-corrected chi connectivity index (χ1v) is 4.90. The quantitative estimate of drug-likeness (QED) is 0.635. The van der Waals surface area contributed by atoms with Gasteiger partial charge in [-0.25, -0.2) is 4.98 Å². The summed E-state index contributed by atoms with van der Waals surface area (Å²) in [5, 5.41) is 15.9. The summed E-state index contributed by atoms with van der Waals surface area (Å²) in [4.78, 5) is 17.8. The van der Waals surface area contributed by atoms with Crippen molar-refractivity contribution in [1.82, 2.24) is 9.97 Å². The van der Waals surface area contributed by atoms with Crippen molar-refractivity contribution in [3.05, 3.63) is 40.2 Å². The molecular weight excluding hydrogens is 216 g/mol. The number of aromatic nitrogens is 2. The third-order valence-electron chi connectivity index (χ3n) is 1.67. The molecule has 2 aromatic heterocycles. The molecule has 6 nitrogen and oxygen atoms in total. The Bertz CT molecular complexity index is 471. The van der Waals surface area contributed by atoms with Crippen molar-refractivity contribution < 1.29 is 4.92 Å². The summed E-state index contributed by atoms with van der Waals surface area (Å²) in [7, 11) is 0. The lowest BCUT2D eigenvalue weighted by Gasteiger charge is -2.01. The van der Waals surface area contributed by atoms with Crippen LogP contribution in [0.1, 0.15) is 0 Å². The van der Waals surface area contributed by atoms with Gasteiger partial charge in [-0.05, 0) is 6.07 Å². The molecule has 1 N–H and O–H groups in total. The number of nitrogens with one attached hydrogen (secondary N) is 1. The summed E-state index contributed by atoms with van der Waals surface area (Å²) in [6, 6.07) is 1.54. The van der Waals surface area contributed by atoms with Crippen molar-refractivity contribution in [3.8, 4) is 0 Å². The number of nitrogens with zero attached hydrogens (tertiary/aromatic N) is 3. The lowest BCUT2D eigenvalue weighted by molar-refractivity contribution is -0.384. The third kappa shape index (κ3) is 2.08. The topological polar surface area (TPSA) is 81.0 Å². The average molecular weight is 222 g/mol. The molecule has 0 aliphatic heterocycles. The maximum absolute atomic E-state index is 10.7. The molecular formula is C8H6N4O2S. The number of hydrogen-bond acceptors (Lipinski definition) is 6. The molecule has 0 aliphatic carbocycles. The van der Waals surface area contributed by atoms with Gasteiger partial charge in [0.1, 0.15) is 11.9 Å². The summed E-state index contributed by atoms with van der Waals surface area (Å²) in [5.74, 6) is 0. The van der Waals surface area contributed by atoms with Crippen LogP contribution in [-0.4, -0.2) is 14.9 Å². The van der Waals surface area contributed by atoms with E-state index in [0.29, 0.717) is 10.8 Å². The molecule has 0 unspecified atom stereocenters. The predicted octanol–water partition coefficient (Wildman–Crippen LogP) is 2.19. The zero-order chi connectivity index (χ0) is 10.7. The van der Waals surface area contributed by atoms with Gasteiger partial charge in [-0.15, -0.1) is 11.3 Å². The van der Waals surface area contributed by atoms with Crippen LogP contribution in [0.3, 0.4) is 0 Å². The molecule has 0 radical (unpaired) electrons. The monoisotopic (exact) mass is 222 g/mol. The minimum Gasteiger partial charge on any atom is -0.326 e. The highest BCUT2D eigenvalue weighted by Crippen LogP contribution is 2.26. The molecule has 2 rings (SSSR count). The van der Waals surface area contributed by atoms with Gasteiger partial charge in [0.25, 0.3) is 0 Å². The molecule has 0 atom stereocenters. The summed E-state index contributed by atoms with van der Waals surface area (Å²) < 4.78 is 0. The molecule has 0 aromatic carbocycles. The number of rotatable bonds is 3. The molecule has 0 spiro atoms. The first kappa shape index (κ1) is 9.53. The van der Waals surface area contributed by atoms with Gasteiger partial charge in [-0.2, -0.15) is 0 Å². The Morgan fingerprint density at radius 3 is 3.00 bits per heavy atom. The van der Waals surface area contributed by atoms with Crippen LogP contribution < -0.4 is 5.32 Å². The Kier molecular flexibility index (Phi) is 2.55. The second-order valence-corrected chi connectivity index (χ2v) is 3.51. The van der Waals surface area contributed by atoms with E-state index in [2.05, 4.69) is 15.3 Å². The van der Waals surface area contributed by atoms with Gasteiger partial charge in [0.05, 0.1) is 4.92 Å². The van der Waals surface area contributed by atoms with E-state index in [1.807, 2.05) is 0 Å². The van der Waals surface area contributed by atoms with Crippen LogP contribution in [0.5, 0.6) is 0 Å². The summed E-state index contributed by atoms with van der Waals surface area (Å²) in [5.41, 5.74) is 0.331. The van der Waals surface area contributed by atoms with Gasteiger partial charge < -0.3 is 5.32 Å². The number of anilines is 2. The van der Waals surface area contributed by atoms with Gasteiger partial charge in [0.15, 0.2) is 5.13 Å². The van der Waals surface area contributed by atoms with Crippen LogP contribution >= 0.6 is 11.3 Å². The highest BCUT2D eigenvalue weighted by molar-refractivity contribution is 7.13. The molecule has 0 saturated carbocycles. The Hall–Kier alpha value is -2.02. The number of pyridine rings is 1. The molecule has 0 bridgehead atoms. The minimum absolute atomic E-state index is 0.0623. The molecule has 76 valence electrons. The van der Waals surface area contributed by atoms with Gasteiger partial charge in [-0.1, -0.05) is 0 Å². The SMILES string of the molecule is O=[N+]([O-])c1cnccc1Nc1nccs1. The first-order chi connectivity index (χ1) is 7.27. The molecule has 0 amide bonds. The maximum Gasteiger partial charge on any atom is 0.310 e. The molecule has 0 aliphatic rings. The normalized spacial score (nSPS) is 9.87. The predicted molar refractivity (Wildman–Crippen MR) is 56.3 cm³/mol. The van der Waals surface area contributed by atoms with E-state index < -0.39 is 4.92 Å². The lowest BCUT2D eigenvalue weighted by atomic mass is 10.3. The van der Waals surface area contributed by atoms with E-state index >= 15 is 0 Å². The van der Waals surface area contributed by atoms with Crippen molar-refractivity contribution in [2.45, 2.75) is 0 Å². The molecule has 0 fully saturated rings. The van der Waals surface area contributed by atoms with Crippen LogP contribution in [0.4, 0.5) is 16.5 Å². The zero-order valence-electron chi connectivity index (χ0n) is 7.45. The Morgan fingerprint density at radius 1 is 1.47 bits per heavy atom. The van der Waals surface area contributed by atoms with Crippen LogP contribution in [0.2, 0.25) is 0 Å². The molecule has 2 aromatic rings. The van der Waals surface area contributed by atoms with Gasteiger partial charge in [0.2, 0.25) is 0 Å². The second-order valence-electron chi connectivity index (χ2n) is 2.61. The van der Waals surface area contributed by atoms with E-state index in [1.165, 1.54) is 23.7 Å². The smallest absolute Gasteiger partial charge is 0.310 e. The first-order valence-electron chi connectivity index (χ1n) is 4.02. The molecule has 15 heavy (non-hydrogen) atoms. The van der Waals surface area contributed by atoms with Gasteiger partial charge in [-0.3, -0.25) is 15.1 Å². The summed E-state index contributed by atoms with van der Waals surface area (Å²) >= 11 is 1.37. The van der Waals surface area contributed by atoms with E-state index in [9.17, 15) is 10.1 Å². The number of thiazole rings is 1. The van der Waals surface area contributed by atoms with Crippen LogP contribution in [-0.2, 0) is 0 Å². The van der Waals surface area contributed by atoms with E-state index in [-0.39, 0.29) is 5.69 Å². The summed E-state index contributed by atoms with van der Waals surface area (Å²) in [6.07, 6.45) is 4.32. The fraction of sp³-hybridized carbons (Fsp3) is 0. The van der Waals surface area contributed by atoms with Gasteiger partial charge in [0, 0.05) is 17.8 Å². The summed E-state index contributed by atoms with van der Waals surface area (Å²) in [6.45, 7) is 0. The maximum atomic E-state index is 10.7. The van der Waals surface area contributed by atoms with Crippen LogP contribution in [0, 0.1) is 10.1 Å². The highest BCUT2D eigenvalue weighted by atomic mass is 32.1. The van der Waals surface area contributed by atoms with Crippen molar-refractivity contribution in [3.63, 3.8) is 0 Å². The van der Waals surface area contributed by atoms with E-state index in [0.717, 1.165) is 0 Å². The number of hydrogen-bond donors (Lipinski definition) is 1. The van der Waals surface area contributed by atoms with Crippen molar-refractivity contribution in [2.24, 2.45) is 0 Å². The third-order valence-corrected chi connectivity index (χ3v) is 2.36. The van der Waals surface area contributed by atoms with Crippen LogP contribution in [0.25, 0.3) is 0 Å². The van der Waals surface area contributed by atoms with E-state index in [4.69, 9.17) is 0 Å². The highest BCUT2D eigenvalue weighted by Gasteiger charge is 2.13. The van der Waals surface area contributed by atoms with Crippen molar-refractivity contribution in [1.29, 1.82) is 0 Å². The standard InChI is InChI=1S/C8H6N4O2S/c13-12(14)7-5-9-2-1-6(7)11-8-10-3-4-15-8/h1-5H,(H,9,10,11). The van der Waals surface area contributed by atoms with Crippen LogP contribution in [0.15, 0.2) is 30.0 Å². The minimum atomic E-state index is -0.483. The Morgan fingerprint density at radius 2 is 2.33 bits per heavy atom. The van der Waals surface area contributed by atoms with E-state index in [1.54, 1.807) is 17.6 Å². The van der Waals surface area contributed by atoms with Crippen molar-refractivity contribution >= 4 is 27.8 Å². The Balaban J connectivity index is 2.32. The molecule has 0 saturated heterocycles. The molecule has 2 heterocycles. The number of nitro groups is 1. The average Bonchev–Trinajstić information content (AvgIpc) is 2.71. The zero-order valence-corrected chi connectivity index (χ0v) is 8.27. The van der Waals surface area contributed by atoms with Gasteiger partial charge >= 0.3 is 5.69 Å². The second kappa shape index (κ2) is 4.01. The van der Waals surface area contributed by atoms with Crippen molar-refractivity contribution in [2.75, 3.05) is 5.32 Å². The fourth-order valence-corrected chi connectivity index (χ4v) is 1.58. The molecule has 7 heteroatoms. The fourth-order valence-electron chi connectivity index (χ4n) is 1.04.